The van der Waals surface area contributed by atoms with Crippen molar-refractivity contribution in [3.8, 4) is 12.3 Å². The highest BCUT2D eigenvalue weighted by Crippen LogP contribution is 2.23. The van der Waals surface area contributed by atoms with Crippen LogP contribution in [0.4, 0.5) is 5.69 Å². The summed E-state index contributed by atoms with van der Waals surface area (Å²) in [6.07, 6.45) is 7.24. The van der Waals surface area contributed by atoms with Crippen LogP contribution in [-0.2, 0) is 6.54 Å². The summed E-state index contributed by atoms with van der Waals surface area (Å²) in [7, 11) is 0. The van der Waals surface area contributed by atoms with Crippen LogP contribution in [0, 0.1) is 12.3 Å². The summed E-state index contributed by atoms with van der Waals surface area (Å²) in [5.41, 5.74) is 2.75. The van der Waals surface area contributed by atoms with E-state index < -0.39 is 0 Å². The van der Waals surface area contributed by atoms with Crippen LogP contribution < -0.4 is 10.2 Å². The van der Waals surface area contributed by atoms with Gasteiger partial charge >= 0.3 is 0 Å². The minimum atomic E-state index is 0.522. The molecule has 0 aliphatic carbocycles. The van der Waals surface area contributed by atoms with E-state index in [-0.39, 0.29) is 0 Å². The molecule has 90 valence electrons. The molecule has 0 aromatic heterocycles. The fraction of sp³-hybridized carbons (Fsp3) is 0.467. The summed E-state index contributed by atoms with van der Waals surface area (Å²) in [4.78, 5) is 2.46. The number of unbranched alkanes of at least 4 members (excludes halogenated alkanes) is 1. The average Bonchev–Trinajstić information content (AvgIpc) is 2.50. The Morgan fingerprint density at radius 2 is 2.29 bits per heavy atom. The van der Waals surface area contributed by atoms with Crippen LogP contribution in [-0.4, -0.2) is 19.1 Å². The Balaban J connectivity index is 2.14. The summed E-state index contributed by atoms with van der Waals surface area (Å²) < 4.78 is 0. The fourth-order valence-electron chi connectivity index (χ4n) is 2.33. The normalized spacial score (nSPS) is 19.3. The predicted molar refractivity (Wildman–Crippen MR) is 73.0 cm³/mol. The highest BCUT2D eigenvalue weighted by Gasteiger charge is 2.17. The molecule has 0 amide bonds. The van der Waals surface area contributed by atoms with Crippen molar-refractivity contribution in [2.75, 3.05) is 18.0 Å². The van der Waals surface area contributed by atoms with Gasteiger partial charge in [-0.2, -0.15) is 0 Å². The van der Waals surface area contributed by atoms with E-state index >= 15 is 0 Å². The second-order valence-electron chi connectivity index (χ2n) is 4.66. The Morgan fingerprint density at radius 3 is 3.12 bits per heavy atom. The molecule has 2 rings (SSSR count). The number of benzene rings is 1. The molecule has 0 spiro atoms. The van der Waals surface area contributed by atoms with Gasteiger partial charge in [0.1, 0.15) is 0 Å². The van der Waals surface area contributed by atoms with Crippen molar-refractivity contribution in [3.05, 3.63) is 29.8 Å². The van der Waals surface area contributed by atoms with Gasteiger partial charge in [0.2, 0.25) is 0 Å². The van der Waals surface area contributed by atoms with E-state index in [1.807, 2.05) is 0 Å². The smallest absolute Gasteiger partial charge is 0.0412 e. The highest BCUT2D eigenvalue weighted by molar-refractivity contribution is 5.54. The Morgan fingerprint density at radius 1 is 1.47 bits per heavy atom. The van der Waals surface area contributed by atoms with Crippen molar-refractivity contribution in [2.45, 2.75) is 32.4 Å². The van der Waals surface area contributed by atoms with Gasteiger partial charge in [0, 0.05) is 37.8 Å². The van der Waals surface area contributed by atoms with Crippen LogP contribution in [0.5, 0.6) is 0 Å². The van der Waals surface area contributed by atoms with Crippen molar-refractivity contribution in [1.29, 1.82) is 0 Å². The number of anilines is 1. The second kappa shape index (κ2) is 5.75. The molecule has 1 aromatic carbocycles. The number of hydrogen-bond acceptors (Lipinski definition) is 2. The second-order valence-corrected chi connectivity index (χ2v) is 4.66. The maximum atomic E-state index is 5.32. The molecule has 0 saturated carbocycles. The summed E-state index contributed by atoms with van der Waals surface area (Å²) in [6, 6.07) is 9.16. The summed E-state index contributed by atoms with van der Waals surface area (Å²) in [6.45, 7) is 5.30. The van der Waals surface area contributed by atoms with Gasteiger partial charge in [-0.25, -0.2) is 0 Å². The van der Waals surface area contributed by atoms with Gasteiger partial charge in [-0.05, 0) is 25.0 Å². The third kappa shape index (κ3) is 3.01. The van der Waals surface area contributed by atoms with Crippen molar-refractivity contribution in [3.63, 3.8) is 0 Å². The van der Waals surface area contributed by atoms with E-state index in [1.165, 1.54) is 11.3 Å². The Labute approximate surface area is 104 Å². The van der Waals surface area contributed by atoms with Gasteiger partial charge in [-0.15, -0.1) is 12.3 Å². The molecular formula is C15H20N2. The SMILES string of the molecule is C#CCCCN1CC(C)NCc2ccccc21. The molecule has 17 heavy (non-hydrogen) atoms. The van der Waals surface area contributed by atoms with Crippen LogP contribution >= 0.6 is 0 Å². The Hall–Kier alpha value is -1.46. The van der Waals surface area contributed by atoms with Crippen LogP contribution in [0.2, 0.25) is 0 Å². The number of terminal acetylenes is 1. The number of fused-ring (bicyclic) bond motifs is 1. The van der Waals surface area contributed by atoms with Crippen LogP contribution in [0.15, 0.2) is 24.3 Å². The molecular weight excluding hydrogens is 208 g/mol. The Kier molecular flexibility index (Phi) is 4.06. The number of rotatable bonds is 3. The molecule has 1 N–H and O–H groups in total. The zero-order chi connectivity index (χ0) is 12.1. The summed E-state index contributed by atoms with van der Waals surface area (Å²) >= 11 is 0. The quantitative estimate of drug-likeness (QED) is 0.631. The largest absolute Gasteiger partial charge is 0.370 e. The Bertz CT molecular complexity index is 406. The molecule has 2 heteroatoms. The molecule has 1 aliphatic rings. The van der Waals surface area contributed by atoms with Crippen LogP contribution in [0.1, 0.15) is 25.3 Å². The molecule has 1 heterocycles. The van der Waals surface area contributed by atoms with Crippen molar-refractivity contribution < 1.29 is 0 Å². The lowest BCUT2D eigenvalue weighted by atomic mass is 10.1. The van der Waals surface area contributed by atoms with Gasteiger partial charge in [0.05, 0.1) is 0 Å². The van der Waals surface area contributed by atoms with E-state index in [1.54, 1.807) is 0 Å². The standard InChI is InChI=1S/C15H20N2/c1-3-4-7-10-17-12-13(2)16-11-14-8-5-6-9-15(14)17/h1,5-6,8-9,13,16H,4,7,10-12H2,2H3. The van der Waals surface area contributed by atoms with Gasteiger partial charge in [-0.1, -0.05) is 18.2 Å². The third-order valence-corrected chi connectivity index (χ3v) is 3.22. The zero-order valence-corrected chi connectivity index (χ0v) is 10.4. The molecule has 2 nitrogen and oxygen atoms in total. The molecule has 1 aromatic rings. The fourth-order valence-corrected chi connectivity index (χ4v) is 2.33. The zero-order valence-electron chi connectivity index (χ0n) is 10.4. The minimum Gasteiger partial charge on any atom is -0.370 e. The number of nitrogens with zero attached hydrogens (tertiary/aromatic N) is 1. The number of para-hydroxylation sites is 1. The first-order valence-electron chi connectivity index (χ1n) is 6.31. The van der Waals surface area contributed by atoms with Gasteiger partial charge in [0.25, 0.3) is 0 Å². The summed E-state index contributed by atoms with van der Waals surface area (Å²) in [5, 5.41) is 3.54. The first-order valence-corrected chi connectivity index (χ1v) is 6.31. The van der Waals surface area contributed by atoms with E-state index in [2.05, 4.69) is 47.3 Å². The predicted octanol–water partition coefficient (Wildman–Crippen LogP) is 2.40. The van der Waals surface area contributed by atoms with Crippen LogP contribution in [0.25, 0.3) is 0 Å². The molecule has 1 unspecified atom stereocenters. The van der Waals surface area contributed by atoms with E-state index in [4.69, 9.17) is 6.42 Å². The molecule has 1 aliphatic heterocycles. The van der Waals surface area contributed by atoms with E-state index in [0.29, 0.717) is 6.04 Å². The monoisotopic (exact) mass is 228 g/mol. The van der Waals surface area contributed by atoms with Crippen molar-refractivity contribution in [2.24, 2.45) is 0 Å². The van der Waals surface area contributed by atoms with Gasteiger partial charge in [-0.3, -0.25) is 0 Å². The lowest BCUT2D eigenvalue weighted by Crippen LogP contribution is -2.36. The molecule has 1 atom stereocenters. The minimum absolute atomic E-state index is 0.522. The van der Waals surface area contributed by atoms with Crippen molar-refractivity contribution in [1.82, 2.24) is 5.32 Å². The van der Waals surface area contributed by atoms with Gasteiger partial charge < -0.3 is 10.2 Å². The van der Waals surface area contributed by atoms with Crippen molar-refractivity contribution >= 4 is 5.69 Å². The lowest BCUT2D eigenvalue weighted by molar-refractivity contribution is 0.550. The van der Waals surface area contributed by atoms with E-state index in [0.717, 1.165) is 32.5 Å². The van der Waals surface area contributed by atoms with E-state index in [9.17, 15) is 0 Å². The summed E-state index contributed by atoms with van der Waals surface area (Å²) in [5.74, 6) is 2.72. The maximum absolute atomic E-state index is 5.32. The average molecular weight is 228 g/mol. The highest BCUT2D eigenvalue weighted by atomic mass is 15.2. The van der Waals surface area contributed by atoms with Crippen LogP contribution in [0.3, 0.4) is 0 Å². The maximum Gasteiger partial charge on any atom is 0.0412 e. The lowest BCUT2D eigenvalue weighted by Gasteiger charge is -2.26. The topological polar surface area (TPSA) is 15.3 Å². The molecule has 0 radical (unpaired) electrons. The molecule has 0 bridgehead atoms. The molecule has 0 saturated heterocycles. The first-order chi connectivity index (χ1) is 8.31. The molecule has 0 fully saturated rings. The number of nitrogens with one attached hydrogen (secondary N) is 1. The first kappa shape index (κ1) is 12.0. The third-order valence-electron chi connectivity index (χ3n) is 3.22. The number of hydrogen-bond donors (Lipinski definition) is 1. The van der Waals surface area contributed by atoms with Gasteiger partial charge in [0.15, 0.2) is 0 Å².